The minimum Gasteiger partial charge on any atom is -0.462 e. The molecule has 0 aromatic rings. The lowest BCUT2D eigenvalue weighted by Gasteiger charge is -2.26. The first-order chi connectivity index (χ1) is 9.41. The van der Waals surface area contributed by atoms with Crippen LogP contribution in [0.25, 0.3) is 0 Å². The van der Waals surface area contributed by atoms with Crippen molar-refractivity contribution in [2.45, 2.75) is 57.5 Å². The summed E-state index contributed by atoms with van der Waals surface area (Å²) in [5.74, 6) is -1.14. The zero-order valence-corrected chi connectivity index (χ0v) is 13.5. The minimum absolute atomic E-state index is 0.0291. The van der Waals surface area contributed by atoms with Crippen molar-refractivity contribution >= 4 is 17.0 Å². The first-order valence-corrected chi connectivity index (χ1v) is 7.67. The molecule has 0 fully saturated rings. The summed E-state index contributed by atoms with van der Waals surface area (Å²) in [5, 5.41) is 0. The molecule has 0 amide bonds. The fourth-order valence-corrected chi connectivity index (χ4v) is 1.98. The number of nitrogens with one attached hydrogen (secondary N) is 1. The normalized spacial score (nSPS) is 15.4. The highest BCUT2D eigenvalue weighted by Crippen LogP contribution is 2.27. The van der Waals surface area contributed by atoms with Crippen molar-refractivity contribution in [2.75, 3.05) is 6.61 Å². The fourth-order valence-electron chi connectivity index (χ4n) is 1.14. The molecule has 0 aliphatic rings. The maximum absolute atomic E-state index is 13.0. The van der Waals surface area contributed by atoms with Gasteiger partial charge in [-0.05, 0) is 27.2 Å². The van der Waals surface area contributed by atoms with Crippen LogP contribution in [0.5, 0.6) is 0 Å². The quantitative estimate of drug-likeness (QED) is 0.444. The third kappa shape index (κ3) is 7.08. The van der Waals surface area contributed by atoms with Gasteiger partial charge in [0.25, 0.3) is 0 Å². The van der Waals surface area contributed by atoms with Crippen LogP contribution in [-0.4, -0.2) is 33.8 Å². The molecule has 0 unspecified atom stereocenters. The van der Waals surface area contributed by atoms with E-state index < -0.39 is 39.5 Å². The molecular formula is C13H22F3NO3S. The van der Waals surface area contributed by atoms with Gasteiger partial charge in [0, 0.05) is 0 Å². The van der Waals surface area contributed by atoms with Crippen molar-refractivity contribution < 1.29 is 26.9 Å². The van der Waals surface area contributed by atoms with E-state index >= 15 is 0 Å². The molecular weight excluding hydrogens is 307 g/mol. The second-order valence-electron chi connectivity index (χ2n) is 5.49. The number of hydrogen-bond donors (Lipinski definition) is 1. The third-order valence-corrected chi connectivity index (χ3v) is 4.01. The van der Waals surface area contributed by atoms with E-state index in [4.69, 9.17) is 4.74 Å². The highest BCUT2D eigenvalue weighted by atomic mass is 32.2. The average Bonchev–Trinajstić information content (AvgIpc) is 2.32. The van der Waals surface area contributed by atoms with Gasteiger partial charge in [-0.3, -0.25) is 0 Å². The Morgan fingerprint density at radius 2 is 1.86 bits per heavy atom. The predicted molar refractivity (Wildman–Crippen MR) is 75.9 cm³/mol. The number of rotatable bonds is 7. The number of carbonyl (C=O) groups excluding carboxylic acids is 1. The Morgan fingerprint density at radius 1 is 1.33 bits per heavy atom. The van der Waals surface area contributed by atoms with Crippen molar-refractivity contribution in [1.82, 2.24) is 4.72 Å². The molecule has 0 aromatic carbocycles. The molecule has 0 saturated heterocycles. The molecule has 0 heterocycles. The third-order valence-electron chi connectivity index (χ3n) is 2.45. The van der Waals surface area contributed by atoms with E-state index in [-0.39, 0.29) is 6.61 Å². The lowest BCUT2D eigenvalue weighted by Crippen LogP contribution is -2.49. The van der Waals surface area contributed by atoms with Gasteiger partial charge in [0.15, 0.2) is 0 Å². The lowest BCUT2D eigenvalue weighted by molar-refractivity contribution is -0.154. The Labute approximate surface area is 125 Å². The monoisotopic (exact) mass is 329 g/mol. The first-order valence-electron chi connectivity index (χ1n) is 6.52. The van der Waals surface area contributed by atoms with E-state index in [1.165, 1.54) is 20.8 Å². The van der Waals surface area contributed by atoms with E-state index in [1.807, 2.05) is 11.6 Å². The number of halogens is 3. The standard InChI is InChI=1S/C13H22F3NO3S/c1-6-7-8-20-11(18)9(2)10(13(14,15)16)17-21(19)12(3,4)5/h10,17H,2,6-8H2,1,3-5H3/t10-,21-/m1/s1. The van der Waals surface area contributed by atoms with Crippen LogP contribution in [0.15, 0.2) is 12.2 Å². The molecule has 0 saturated carbocycles. The number of unbranched alkanes of at least 4 members (excludes halogenated alkanes) is 1. The van der Waals surface area contributed by atoms with E-state index in [0.29, 0.717) is 6.42 Å². The van der Waals surface area contributed by atoms with Crippen molar-refractivity contribution in [2.24, 2.45) is 0 Å². The van der Waals surface area contributed by atoms with E-state index in [0.717, 1.165) is 6.42 Å². The van der Waals surface area contributed by atoms with Gasteiger partial charge in [0.2, 0.25) is 0 Å². The maximum atomic E-state index is 13.0. The Hall–Kier alpha value is -0.890. The molecule has 0 aromatic heterocycles. The number of alkyl halides is 3. The van der Waals surface area contributed by atoms with Crippen molar-refractivity contribution in [3.05, 3.63) is 12.2 Å². The van der Waals surface area contributed by atoms with Crippen molar-refractivity contribution in [3.63, 3.8) is 0 Å². The second-order valence-corrected chi connectivity index (χ2v) is 7.49. The summed E-state index contributed by atoms with van der Waals surface area (Å²) >= 11 is 0. The zero-order valence-electron chi connectivity index (χ0n) is 12.7. The van der Waals surface area contributed by atoms with Crippen LogP contribution in [-0.2, 0) is 20.5 Å². The summed E-state index contributed by atoms with van der Waals surface area (Å²) in [6.45, 7) is 9.59. The molecule has 4 nitrogen and oxygen atoms in total. The topological polar surface area (TPSA) is 55.4 Å². The fraction of sp³-hybridized carbons (Fsp3) is 0.769. The molecule has 0 bridgehead atoms. The molecule has 21 heavy (non-hydrogen) atoms. The van der Waals surface area contributed by atoms with Crippen molar-refractivity contribution in [1.29, 1.82) is 0 Å². The molecule has 124 valence electrons. The van der Waals surface area contributed by atoms with Crippen LogP contribution in [0, 0.1) is 0 Å². The summed E-state index contributed by atoms with van der Waals surface area (Å²) in [6, 6.07) is -2.40. The van der Waals surface area contributed by atoms with Crippen molar-refractivity contribution in [3.8, 4) is 0 Å². The van der Waals surface area contributed by atoms with E-state index in [9.17, 15) is 22.2 Å². The molecule has 0 aliphatic carbocycles. The van der Waals surface area contributed by atoms with Gasteiger partial charge in [0.05, 0.1) is 27.9 Å². The minimum atomic E-state index is -4.79. The molecule has 0 rings (SSSR count). The second kappa shape index (κ2) is 7.93. The molecule has 8 heteroatoms. The van der Waals surface area contributed by atoms with Gasteiger partial charge in [-0.15, -0.1) is 0 Å². The van der Waals surface area contributed by atoms with Crippen LogP contribution in [0.2, 0.25) is 0 Å². The van der Waals surface area contributed by atoms with Gasteiger partial charge in [0.1, 0.15) is 6.04 Å². The molecule has 0 spiro atoms. The highest BCUT2D eigenvalue weighted by Gasteiger charge is 2.46. The summed E-state index contributed by atoms with van der Waals surface area (Å²) < 4.78 is 56.5. The number of ether oxygens (including phenoxy) is 1. The van der Waals surface area contributed by atoms with Gasteiger partial charge < -0.3 is 4.74 Å². The Balaban J connectivity index is 4.97. The van der Waals surface area contributed by atoms with Gasteiger partial charge in [-0.2, -0.15) is 13.2 Å². The first kappa shape index (κ1) is 20.1. The molecule has 0 radical (unpaired) electrons. The van der Waals surface area contributed by atoms with Crippen LogP contribution in [0.1, 0.15) is 40.5 Å². The Kier molecular flexibility index (Phi) is 7.60. The maximum Gasteiger partial charge on any atom is 0.409 e. The highest BCUT2D eigenvalue weighted by molar-refractivity contribution is 7.84. The number of hydrogen-bond acceptors (Lipinski definition) is 3. The average molecular weight is 329 g/mol. The van der Waals surface area contributed by atoms with Gasteiger partial charge in [-0.25, -0.2) is 13.7 Å². The lowest BCUT2D eigenvalue weighted by atomic mass is 10.1. The van der Waals surface area contributed by atoms with Gasteiger partial charge in [-0.1, -0.05) is 19.9 Å². The molecule has 2 atom stereocenters. The summed E-state index contributed by atoms with van der Waals surface area (Å²) in [4.78, 5) is 11.6. The largest absolute Gasteiger partial charge is 0.462 e. The van der Waals surface area contributed by atoms with E-state index in [2.05, 4.69) is 6.58 Å². The Bertz CT molecular complexity index is 402. The molecule has 0 aliphatic heterocycles. The van der Waals surface area contributed by atoms with Gasteiger partial charge >= 0.3 is 12.1 Å². The van der Waals surface area contributed by atoms with E-state index in [1.54, 1.807) is 0 Å². The number of esters is 1. The van der Waals surface area contributed by atoms with Crippen LogP contribution in [0.3, 0.4) is 0 Å². The summed E-state index contributed by atoms with van der Waals surface area (Å²) in [5.41, 5.74) is -0.795. The summed E-state index contributed by atoms with van der Waals surface area (Å²) in [6.07, 6.45) is -3.49. The SMILES string of the molecule is C=C(C(=O)OCCCC)[C@@H](N[S@](=O)C(C)(C)C)C(F)(F)F. The number of carbonyl (C=O) groups is 1. The van der Waals surface area contributed by atoms with Crippen LogP contribution in [0.4, 0.5) is 13.2 Å². The van der Waals surface area contributed by atoms with Crippen LogP contribution < -0.4 is 4.72 Å². The molecule has 1 N–H and O–H groups in total. The van der Waals surface area contributed by atoms with Crippen LogP contribution >= 0.6 is 0 Å². The predicted octanol–water partition coefficient (Wildman–Crippen LogP) is 2.87. The zero-order chi connectivity index (χ0) is 16.8. The Morgan fingerprint density at radius 3 is 2.24 bits per heavy atom. The smallest absolute Gasteiger partial charge is 0.409 e. The summed E-state index contributed by atoms with van der Waals surface area (Å²) in [7, 11) is -2.00.